The molecule has 0 bridgehead atoms. The van der Waals surface area contributed by atoms with E-state index in [0.29, 0.717) is 17.7 Å². The van der Waals surface area contributed by atoms with Crippen molar-refractivity contribution in [1.82, 2.24) is 10.6 Å². The quantitative estimate of drug-likeness (QED) is 0.247. The largest absolute Gasteiger partial charge is 0.368 e. The molecule has 4 unspecified atom stereocenters. The fourth-order valence-corrected chi connectivity index (χ4v) is 8.48. The molecule has 5 heteroatoms. The second-order valence-corrected chi connectivity index (χ2v) is 15.1. The molecular formula is C38H70N2O3. The number of hydrogen-bond acceptors (Lipinski definition) is 4. The van der Waals surface area contributed by atoms with Gasteiger partial charge in [-0.3, -0.25) is 9.59 Å². The Morgan fingerprint density at radius 2 is 1.07 bits per heavy atom. The summed E-state index contributed by atoms with van der Waals surface area (Å²) in [5.41, 5.74) is -0.780. The lowest BCUT2D eigenvalue weighted by Crippen LogP contribution is -2.59. The third-order valence-electron chi connectivity index (χ3n) is 11.8. The zero-order valence-corrected chi connectivity index (χ0v) is 28.9. The first-order valence-electron chi connectivity index (χ1n) is 19.0. The van der Waals surface area contributed by atoms with E-state index in [1.165, 1.54) is 109 Å². The molecule has 0 aromatic carbocycles. The number of rotatable bonds is 11. The van der Waals surface area contributed by atoms with Gasteiger partial charge < -0.3 is 15.4 Å². The van der Waals surface area contributed by atoms with Gasteiger partial charge in [0.1, 0.15) is 6.61 Å². The van der Waals surface area contributed by atoms with E-state index in [1.54, 1.807) is 0 Å². The molecule has 5 nitrogen and oxygen atoms in total. The normalized spacial score (nSPS) is 27.6. The summed E-state index contributed by atoms with van der Waals surface area (Å²) in [4.78, 5) is 27.6. The van der Waals surface area contributed by atoms with Crippen molar-refractivity contribution in [1.29, 1.82) is 0 Å². The smallest absolute Gasteiger partial charge is 0.246 e. The Morgan fingerprint density at radius 3 is 1.60 bits per heavy atom. The minimum atomic E-state index is -0.512. The fraction of sp³-hybridized carbons (Fsp3) is 0.947. The third kappa shape index (κ3) is 12.1. The maximum Gasteiger partial charge on any atom is 0.246 e. The molecule has 0 radical (unpaired) electrons. The van der Waals surface area contributed by atoms with E-state index >= 15 is 0 Å². The molecule has 0 spiro atoms. The van der Waals surface area contributed by atoms with E-state index in [1.807, 2.05) is 0 Å². The monoisotopic (exact) mass is 603 g/mol. The van der Waals surface area contributed by atoms with Crippen LogP contribution in [-0.4, -0.2) is 42.0 Å². The summed E-state index contributed by atoms with van der Waals surface area (Å²) in [6.45, 7) is 9.13. The number of nitrogens with one attached hydrogen (secondary N) is 2. The highest BCUT2D eigenvalue weighted by Gasteiger charge is 2.47. The molecule has 1 amide bonds. The minimum Gasteiger partial charge on any atom is -0.368 e. The van der Waals surface area contributed by atoms with Crippen LogP contribution in [0.1, 0.15) is 188 Å². The zero-order valence-electron chi connectivity index (χ0n) is 28.9. The minimum absolute atomic E-state index is 0.0536. The predicted octanol–water partition coefficient (Wildman–Crippen LogP) is 9.60. The van der Waals surface area contributed by atoms with E-state index in [-0.39, 0.29) is 30.1 Å². The highest BCUT2D eigenvalue weighted by Crippen LogP contribution is 2.43. The number of ketones is 1. The molecule has 3 rings (SSSR count). The van der Waals surface area contributed by atoms with Gasteiger partial charge in [-0.1, -0.05) is 117 Å². The van der Waals surface area contributed by atoms with Gasteiger partial charge in [-0.2, -0.15) is 0 Å². The molecule has 250 valence electrons. The third-order valence-corrected chi connectivity index (χ3v) is 11.8. The molecule has 43 heavy (non-hydrogen) atoms. The van der Waals surface area contributed by atoms with Crippen LogP contribution in [0.15, 0.2) is 0 Å². The summed E-state index contributed by atoms with van der Waals surface area (Å²) >= 11 is 0. The SMILES string of the molecule is CCC(C)(NC1CCCCCCCC(NC(=O)COC2CCCCCCC2)CC1)C(=O)C(C)(CC)C1CCCCCCC1. The van der Waals surface area contributed by atoms with E-state index in [4.69, 9.17) is 4.74 Å². The second kappa shape index (κ2) is 19.5. The van der Waals surface area contributed by atoms with Crippen LogP contribution in [0.3, 0.4) is 0 Å². The van der Waals surface area contributed by atoms with Crippen LogP contribution in [0.25, 0.3) is 0 Å². The summed E-state index contributed by atoms with van der Waals surface area (Å²) in [5.74, 6) is 0.994. The Hall–Kier alpha value is -0.940. The highest BCUT2D eigenvalue weighted by atomic mass is 16.5. The fourth-order valence-electron chi connectivity index (χ4n) is 8.48. The van der Waals surface area contributed by atoms with Crippen molar-refractivity contribution in [2.24, 2.45) is 11.3 Å². The maximum atomic E-state index is 14.6. The van der Waals surface area contributed by atoms with Gasteiger partial charge in [-0.15, -0.1) is 0 Å². The number of Topliss-reactive ketones (excluding diaryl/α,β-unsaturated/α-hetero) is 1. The molecule has 3 fully saturated rings. The second-order valence-electron chi connectivity index (χ2n) is 15.1. The van der Waals surface area contributed by atoms with Crippen molar-refractivity contribution in [2.45, 2.75) is 212 Å². The first kappa shape index (κ1) is 36.5. The summed E-state index contributed by atoms with van der Waals surface area (Å²) in [5, 5.41) is 7.36. The van der Waals surface area contributed by atoms with E-state index in [9.17, 15) is 9.59 Å². The van der Waals surface area contributed by atoms with E-state index in [0.717, 1.165) is 51.4 Å². The maximum absolute atomic E-state index is 14.6. The highest BCUT2D eigenvalue weighted by molar-refractivity contribution is 5.93. The van der Waals surface area contributed by atoms with Crippen LogP contribution in [-0.2, 0) is 14.3 Å². The Labute approximate surface area is 266 Å². The summed E-state index contributed by atoms with van der Waals surface area (Å²) < 4.78 is 6.12. The van der Waals surface area contributed by atoms with Crippen molar-refractivity contribution in [3.05, 3.63) is 0 Å². The molecule has 3 aliphatic carbocycles. The lowest BCUT2D eigenvalue weighted by atomic mass is 9.62. The average molecular weight is 603 g/mol. The van der Waals surface area contributed by atoms with Crippen LogP contribution >= 0.6 is 0 Å². The zero-order chi connectivity index (χ0) is 31.0. The number of carbonyl (C=O) groups excluding carboxylic acids is 2. The Kier molecular flexibility index (Phi) is 16.6. The number of ether oxygens (including phenoxy) is 1. The van der Waals surface area contributed by atoms with Crippen molar-refractivity contribution in [3.63, 3.8) is 0 Å². The lowest BCUT2D eigenvalue weighted by Gasteiger charge is -2.44. The van der Waals surface area contributed by atoms with Crippen LogP contribution in [0.2, 0.25) is 0 Å². The van der Waals surface area contributed by atoms with Crippen LogP contribution in [0.5, 0.6) is 0 Å². The number of hydrogen-bond donors (Lipinski definition) is 2. The van der Waals surface area contributed by atoms with E-state index < -0.39 is 5.54 Å². The number of carbonyl (C=O) groups is 2. The van der Waals surface area contributed by atoms with Crippen LogP contribution in [0, 0.1) is 11.3 Å². The van der Waals surface area contributed by atoms with Gasteiger partial charge >= 0.3 is 0 Å². The molecule has 0 aromatic rings. The van der Waals surface area contributed by atoms with Gasteiger partial charge in [-0.05, 0) is 77.0 Å². The molecule has 2 N–H and O–H groups in total. The average Bonchev–Trinajstić information content (AvgIpc) is 3.01. The first-order valence-corrected chi connectivity index (χ1v) is 19.0. The molecule has 0 aliphatic heterocycles. The van der Waals surface area contributed by atoms with Crippen molar-refractivity contribution < 1.29 is 14.3 Å². The molecule has 3 saturated carbocycles. The summed E-state index contributed by atoms with van der Waals surface area (Å²) in [6.07, 6.45) is 29.8. The summed E-state index contributed by atoms with van der Waals surface area (Å²) in [6, 6.07) is 0.492. The van der Waals surface area contributed by atoms with Crippen molar-refractivity contribution in [3.8, 4) is 0 Å². The first-order chi connectivity index (χ1) is 20.8. The lowest BCUT2D eigenvalue weighted by molar-refractivity contribution is -0.139. The molecular weight excluding hydrogens is 532 g/mol. The van der Waals surface area contributed by atoms with Crippen molar-refractivity contribution in [2.75, 3.05) is 6.61 Å². The Balaban J connectivity index is 1.62. The standard InChI is InChI=1S/C38H70N2O3/c1-5-37(3,31-22-16-10-7-11-17-23-31)36(42)38(4,6-2)40-33-25-19-13-8-12-18-24-32(28-29-33)39-35(41)30-43-34-26-20-14-9-15-21-27-34/h31-34,40H,5-30H2,1-4H3,(H,39,41). The molecule has 0 aromatic heterocycles. The van der Waals surface area contributed by atoms with Gasteiger partial charge in [0.25, 0.3) is 0 Å². The molecule has 3 aliphatic rings. The van der Waals surface area contributed by atoms with Gasteiger partial charge in [0.05, 0.1) is 11.6 Å². The molecule has 0 saturated heterocycles. The van der Waals surface area contributed by atoms with Crippen LogP contribution < -0.4 is 10.6 Å². The van der Waals surface area contributed by atoms with Gasteiger partial charge in [0.2, 0.25) is 5.91 Å². The van der Waals surface area contributed by atoms with Crippen molar-refractivity contribution >= 4 is 11.7 Å². The van der Waals surface area contributed by atoms with Gasteiger partial charge in [0, 0.05) is 17.5 Å². The number of amides is 1. The topological polar surface area (TPSA) is 67.4 Å². The van der Waals surface area contributed by atoms with Gasteiger partial charge in [0.15, 0.2) is 5.78 Å². The van der Waals surface area contributed by atoms with Crippen LogP contribution in [0.4, 0.5) is 0 Å². The predicted molar refractivity (Wildman–Crippen MR) is 180 cm³/mol. The summed E-state index contributed by atoms with van der Waals surface area (Å²) in [7, 11) is 0. The molecule has 4 atom stereocenters. The van der Waals surface area contributed by atoms with E-state index in [2.05, 4.69) is 38.3 Å². The van der Waals surface area contributed by atoms with Gasteiger partial charge in [-0.25, -0.2) is 0 Å². The molecule has 0 heterocycles. The Bertz CT molecular complexity index is 786. The Morgan fingerprint density at radius 1 is 0.605 bits per heavy atom.